The highest BCUT2D eigenvalue weighted by Crippen LogP contribution is 2.23. The zero-order valence-electron chi connectivity index (χ0n) is 9.01. The minimum atomic E-state index is -0.123. The molecule has 0 radical (unpaired) electrons. The lowest BCUT2D eigenvalue weighted by Crippen LogP contribution is -2.34. The van der Waals surface area contributed by atoms with Crippen molar-refractivity contribution in [1.29, 1.82) is 0 Å². The highest BCUT2D eigenvalue weighted by atomic mass is 79.9. The standard InChI is InChI=1S/C11H9BrN2O2S/c1-7(15)11-13-14(10(16)6-17-11)9-4-2-8(12)3-5-9/h2-5H,6H2,1H3. The molecule has 1 aliphatic rings. The largest absolute Gasteiger partial charge is 0.292 e. The van der Waals surface area contributed by atoms with Gasteiger partial charge in [0.05, 0.1) is 11.4 Å². The third kappa shape index (κ3) is 2.76. The van der Waals surface area contributed by atoms with Crippen LogP contribution in [0.25, 0.3) is 0 Å². The number of thioether (sulfide) groups is 1. The van der Waals surface area contributed by atoms with Gasteiger partial charge >= 0.3 is 0 Å². The van der Waals surface area contributed by atoms with E-state index in [2.05, 4.69) is 21.0 Å². The van der Waals surface area contributed by atoms with Gasteiger partial charge in [0.25, 0.3) is 5.91 Å². The number of amides is 1. The first kappa shape index (κ1) is 12.3. The van der Waals surface area contributed by atoms with Gasteiger partial charge in [0.1, 0.15) is 0 Å². The smallest absolute Gasteiger partial charge is 0.257 e. The fraction of sp³-hybridized carbons (Fsp3) is 0.182. The number of rotatable bonds is 2. The van der Waals surface area contributed by atoms with Crippen molar-refractivity contribution in [1.82, 2.24) is 0 Å². The Kier molecular flexibility index (Phi) is 3.63. The monoisotopic (exact) mass is 312 g/mol. The molecule has 0 fully saturated rings. The lowest BCUT2D eigenvalue weighted by Gasteiger charge is -2.22. The summed E-state index contributed by atoms with van der Waals surface area (Å²) >= 11 is 4.50. The zero-order chi connectivity index (χ0) is 12.4. The fourth-order valence-electron chi connectivity index (χ4n) is 1.32. The molecule has 0 bridgehead atoms. The zero-order valence-corrected chi connectivity index (χ0v) is 11.4. The van der Waals surface area contributed by atoms with Crippen LogP contribution < -0.4 is 5.01 Å². The number of benzene rings is 1. The molecule has 6 heteroatoms. The van der Waals surface area contributed by atoms with Gasteiger partial charge < -0.3 is 0 Å². The molecule has 0 aromatic heterocycles. The van der Waals surface area contributed by atoms with Crippen LogP contribution in [0.5, 0.6) is 0 Å². The summed E-state index contributed by atoms with van der Waals surface area (Å²) in [5.41, 5.74) is 0.664. The maximum absolute atomic E-state index is 11.7. The second-order valence-electron chi connectivity index (χ2n) is 3.43. The van der Waals surface area contributed by atoms with Crippen LogP contribution >= 0.6 is 27.7 Å². The summed E-state index contributed by atoms with van der Waals surface area (Å²) in [6, 6.07) is 7.21. The van der Waals surface area contributed by atoms with E-state index in [0.29, 0.717) is 10.7 Å². The van der Waals surface area contributed by atoms with Gasteiger partial charge in [-0.25, -0.2) is 0 Å². The molecule has 0 saturated carbocycles. The molecule has 4 nitrogen and oxygen atoms in total. The van der Waals surface area contributed by atoms with Gasteiger partial charge in [0, 0.05) is 11.4 Å². The number of ketones is 1. The minimum absolute atomic E-state index is 0.121. The highest BCUT2D eigenvalue weighted by Gasteiger charge is 2.24. The second kappa shape index (κ2) is 5.01. The number of nitrogens with zero attached hydrogens (tertiary/aromatic N) is 2. The summed E-state index contributed by atoms with van der Waals surface area (Å²) in [6.45, 7) is 1.45. The normalized spacial score (nSPS) is 15.8. The van der Waals surface area contributed by atoms with E-state index in [4.69, 9.17) is 0 Å². The molecule has 0 saturated heterocycles. The van der Waals surface area contributed by atoms with Crippen molar-refractivity contribution in [2.75, 3.05) is 10.8 Å². The maximum Gasteiger partial charge on any atom is 0.257 e. The number of hydrogen-bond donors (Lipinski definition) is 0. The Morgan fingerprint density at radius 2 is 2.06 bits per heavy atom. The average molecular weight is 313 g/mol. The summed E-state index contributed by atoms with van der Waals surface area (Å²) in [5.74, 6) is 0.000942. The Labute approximate surface area is 111 Å². The van der Waals surface area contributed by atoms with Crippen molar-refractivity contribution in [2.45, 2.75) is 6.92 Å². The Balaban J connectivity index is 2.35. The first-order valence-electron chi connectivity index (χ1n) is 4.89. The quantitative estimate of drug-likeness (QED) is 0.842. The first-order chi connectivity index (χ1) is 8.08. The molecule has 0 unspecified atom stereocenters. The lowest BCUT2D eigenvalue weighted by molar-refractivity contribution is -0.116. The molecule has 1 heterocycles. The van der Waals surface area contributed by atoms with Crippen LogP contribution in [0, 0.1) is 0 Å². The SMILES string of the molecule is CC(=O)C1=NN(c2ccc(Br)cc2)C(=O)CS1. The topological polar surface area (TPSA) is 49.7 Å². The lowest BCUT2D eigenvalue weighted by atomic mass is 10.3. The Morgan fingerprint density at radius 1 is 1.41 bits per heavy atom. The third-order valence-corrected chi connectivity index (χ3v) is 3.69. The number of carbonyl (C=O) groups excluding carboxylic acids is 2. The molecule has 1 amide bonds. The van der Waals surface area contributed by atoms with Crippen molar-refractivity contribution >= 4 is 50.1 Å². The summed E-state index contributed by atoms with van der Waals surface area (Å²) in [6.07, 6.45) is 0. The number of anilines is 1. The number of Topliss-reactive ketones (excluding diaryl/α,β-unsaturated/α-hetero) is 1. The second-order valence-corrected chi connectivity index (χ2v) is 5.31. The number of hydrogen-bond acceptors (Lipinski definition) is 4. The molecule has 88 valence electrons. The summed E-state index contributed by atoms with van der Waals surface area (Å²) < 4.78 is 0.927. The van der Waals surface area contributed by atoms with Crippen molar-refractivity contribution in [3.05, 3.63) is 28.7 Å². The first-order valence-corrected chi connectivity index (χ1v) is 6.66. The molecular weight excluding hydrogens is 304 g/mol. The maximum atomic E-state index is 11.7. The molecular formula is C11H9BrN2O2S. The van der Waals surface area contributed by atoms with Crippen LogP contribution in [-0.2, 0) is 9.59 Å². The van der Waals surface area contributed by atoms with E-state index in [1.54, 1.807) is 12.1 Å². The van der Waals surface area contributed by atoms with Gasteiger partial charge in [0.2, 0.25) is 0 Å². The summed E-state index contributed by atoms with van der Waals surface area (Å²) in [7, 11) is 0. The Morgan fingerprint density at radius 3 is 2.65 bits per heavy atom. The molecule has 0 aliphatic carbocycles. The van der Waals surface area contributed by atoms with Gasteiger partial charge in [-0.15, -0.1) is 0 Å². The van der Waals surface area contributed by atoms with Crippen LogP contribution in [-0.4, -0.2) is 22.5 Å². The average Bonchev–Trinajstić information content (AvgIpc) is 2.31. The van der Waals surface area contributed by atoms with Crippen LogP contribution in [0.4, 0.5) is 5.69 Å². The molecule has 0 spiro atoms. The predicted octanol–water partition coefficient (Wildman–Crippen LogP) is 2.43. The van der Waals surface area contributed by atoms with E-state index in [-0.39, 0.29) is 17.4 Å². The number of halogens is 1. The van der Waals surface area contributed by atoms with Gasteiger partial charge in [0.15, 0.2) is 10.8 Å². The minimum Gasteiger partial charge on any atom is -0.292 e. The van der Waals surface area contributed by atoms with Gasteiger partial charge in [-0.3, -0.25) is 9.59 Å². The van der Waals surface area contributed by atoms with E-state index in [9.17, 15) is 9.59 Å². The summed E-state index contributed by atoms with van der Waals surface area (Å²) in [4.78, 5) is 23.0. The molecule has 17 heavy (non-hydrogen) atoms. The van der Waals surface area contributed by atoms with Crippen LogP contribution in [0.3, 0.4) is 0 Å². The Hall–Kier alpha value is -1.14. The molecule has 1 aromatic rings. The van der Waals surface area contributed by atoms with Crippen LogP contribution in [0.1, 0.15) is 6.92 Å². The van der Waals surface area contributed by atoms with E-state index in [0.717, 1.165) is 4.47 Å². The van der Waals surface area contributed by atoms with Gasteiger partial charge in [-0.1, -0.05) is 27.7 Å². The molecule has 2 rings (SSSR count). The van der Waals surface area contributed by atoms with Gasteiger partial charge in [-0.2, -0.15) is 10.1 Å². The van der Waals surface area contributed by atoms with E-state index in [1.165, 1.54) is 23.7 Å². The van der Waals surface area contributed by atoms with Crippen molar-refractivity contribution < 1.29 is 9.59 Å². The van der Waals surface area contributed by atoms with Gasteiger partial charge in [-0.05, 0) is 24.3 Å². The fourth-order valence-corrected chi connectivity index (χ4v) is 2.31. The third-order valence-electron chi connectivity index (χ3n) is 2.13. The molecule has 0 N–H and O–H groups in total. The van der Waals surface area contributed by atoms with Crippen LogP contribution in [0.2, 0.25) is 0 Å². The predicted molar refractivity (Wildman–Crippen MR) is 72.2 cm³/mol. The molecule has 0 atom stereocenters. The Bertz CT molecular complexity index is 499. The van der Waals surface area contributed by atoms with Crippen LogP contribution in [0.15, 0.2) is 33.8 Å². The summed E-state index contributed by atoms with van der Waals surface area (Å²) in [5, 5.41) is 5.71. The van der Waals surface area contributed by atoms with Crippen molar-refractivity contribution in [3.8, 4) is 0 Å². The highest BCUT2D eigenvalue weighted by molar-refractivity contribution is 9.10. The van der Waals surface area contributed by atoms with E-state index >= 15 is 0 Å². The molecule has 1 aromatic carbocycles. The van der Waals surface area contributed by atoms with E-state index < -0.39 is 0 Å². The van der Waals surface area contributed by atoms with Crippen molar-refractivity contribution in [2.24, 2.45) is 5.10 Å². The van der Waals surface area contributed by atoms with E-state index in [1.807, 2.05) is 12.1 Å². The van der Waals surface area contributed by atoms with Crippen molar-refractivity contribution in [3.63, 3.8) is 0 Å². The number of carbonyl (C=O) groups is 2. The molecule has 1 aliphatic heterocycles. The number of hydrazone groups is 1.